The molecule has 2 aromatic carbocycles. The van der Waals surface area contributed by atoms with Gasteiger partial charge in [-0.2, -0.15) is 4.31 Å². The van der Waals surface area contributed by atoms with Crippen LogP contribution in [0.3, 0.4) is 0 Å². The van der Waals surface area contributed by atoms with Gasteiger partial charge in [0.05, 0.1) is 24.2 Å². The number of aliphatic hydroxyl groups is 1. The van der Waals surface area contributed by atoms with Crippen molar-refractivity contribution in [3.63, 3.8) is 0 Å². The van der Waals surface area contributed by atoms with E-state index >= 15 is 0 Å². The molecule has 0 spiro atoms. The molecule has 0 bridgehead atoms. The number of alkyl carbamates (subject to hydrolysis) is 1. The molecule has 0 saturated heterocycles. The molecule has 2 rings (SSSR count). The summed E-state index contributed by atoms with van der Waals surface area (Å²) in [5.74, 6) is -0.286. The number of amides is 2. The third-order valence-corrected chi connectivity index (χ3v) is 7.90. The first-order valence-electron chi connectivity index (χ1n) is 12.1. The van der Waals surface area contributed by atoms with Crippen molar-refractivity contribution < 1.29 is 32.6 Å². The zero-order valence-electron chi connectivity index (χ0n) is 21.7. The van der Waals surface area contributed by atoms with Gasteiger partial charge >= 0.3 is 6.09 Å². The first-order valence-corrected chi connectivity index (χ1v) is 13.5. The summed E-state index contributed by atoms with van der Waals surface area (Å²) in [7, 11) is -2.49. The predicted octanol–water partition coefficient (Wildman–Crippen LogP) is 2.30. The number of ether oxygens (including phenoxy) is 2. The fraction of sp³-hybridized carbons (Fsp3) is 0.462. The lowest BCUT2D eigenvalue weighted by Gasteiger charge is -2.31. The van der Waals surface area contributed by atoms with Crippen LogP contribution in [0.4, 0.5) is 4.79 Å². The first-order chi connectivity index (χ1) is 17.5. The highest BCUT2D eigenvalue weighted by atomic mass is 32.2. The number of nitrogens with two attached hydrogens (primary N) is 1. The first kappa shape index (κ1) is 30.1. The van der Waals surface area contributed by atoms with Crippen LogP contribution < -0.4 is 15.8 Å². The van der Waals surface area contributed by atoms with E-state index in [9.17, 15) is 23.1 Å². The van der Waals surface area contributed by atoms with Gasteiger partial charge in [0, 0.05) is 13.1 Å². The molecule has 11 heteroatoms. The number of sulfonamides is 1. The Morgan fingerprint density at radius 2 is 1.68 bits per heavy atom. The van der Waals surface area contributed by atoms with E-state index in [1.165, 1.54) is 30.5 Å². The number of hydrogen-bond acceptors (Lipinski definition) is 7. The van der Waals surface area contributed by atoms with E-state index < -0.39 is 40.3 Å². The predicted molar refractivity (Wildman–Crippen MR) is 139 cm³/mol. The zero-order valence-corrected chi connectivity index (χ0v) is 22.5. The summed E-state index contributed by atoms with van der Waals surface area (Å²) in [6.45, 7) is 5.10. The van der Waals surface area contributed by atoms with Crippen molar-refractivity contribution in [3.05, 3.63) is 60.2 Å². The lowest BCUT2D eigenvalue weighted by atomic mass is 10.0. The van der Waals surface area contributed by atoms with Crippen LogP contribution in [0, 0.1) is 5.92 Å². The van der Waals surface area contributed by atoms with Gasteiger partial charge in [0.25, 0.3) is 5.91 Å². The minimum Gasteiger partial charge on any atom is -0.497 e. The fourth-order valence-corrected chi connectivity index (χ4v) is 5.11. The van der Waals surface area contributed by atoms with Crippen LogP contribution in [-0.2, 0) is 26.0 Å². The van der Waals surface area contributed by atoms with E-state index in [0.717, 1.165) is 12.0 Å². The van der Waals surface area contributed by atoms with Gasteiger partial charge in [0.2, 0.25) is 10.0 Å². The molecule has 4 atom stereocenters. The van der Waals surface area contributed by atoms with Gasteiger partial charge < -0.3 is 25.6 Å². The number of primary amides is 1. The van der Waals surface area contributed by atoms with Crippen molar-refractivity contribution in [2.24, 2.45) is 11.7 Å². The fourth-order valence-electron chi connectivity index (χ4n) is 3.54. The van der Waals surface area contributed by atoms with Crippen LogP contribution in [0.25, 0.3) is 0 Å². The summed E-state index contributed by atoms with van der Waals surface area (Å²) in [6, 6.07) is 14.2. The SMILES string of the molecule is CC[C@H](C)CN(C[C@@H](O)[C@H](Cc1ccccc1)NC(=O)O[C@@H](C)C(N)=O)S(=O)(=O)c1ccc(OC)cc1. The van der Waals surface area contributed by atoms with E-state index in [-0.39, 0.29) is 30.3 Å². The average molecular weight is 536 g/mol. The van der Waals surface area contributed by atoms with Crippen LogP contribution in [-0.4, -0.2) is 68.3 Å². The second-order valence-corrected chi connectivity index (χ2v) is 10.9. The quantitative estimate of drug-likeness (QED) is 0.336. The second-order valence-electron chi connectivity index (χ2n) is 8.97. The largest absolute Gasteiger partial charge is 0.497 e. The third-order valence-electron chi connectivity index (χ3n) is 6.05. The highest BCUT2D eigenvalue weighted by molar-refractivity contribution is 7.89. The monoisotopic (exact) mass is 535 g/mol. The minimum absolute atomic E-state index is 0.0159. The van der Waals surface area contributed by atoms with Crippen LogP contribution in [0.5, 0.6) is 5.75 Å². The number of aliphatic hydroxyl groups excluding tert-OH is 1. The average Bonchev–Trinajstić information content (AvgIpc) is 2.88. The van der Waals surface area contributed by atoms with E-state index in [4.69, 9.17) is 15.2 Å². The molecule has 0 aliphatic rings. The standard InChI is InChI=1S/C26H37N3O7S/c1-5-18(2)16-29(37(33,34)22-13-11-21(35-4)12-14-22)17-24(30)23(15-20-9-7-6-8-10-20)28-26(32)36-19(3)25(27)31/h6-14,18-19,23-24,30H,5,15-17H2,1-4H3,(H2,27,31)(H,28,32)/t18-,19-,23-,24+/m0/s1. The van der Waals surface area contributed by atoms with E-state index in [0.29, 0.717) is 5.75 Å². The number of nitrogens with one attached hydrogen (secondary N) is 1. The maximum atomic E-state index is 13.6. The highest BCUT2D eigenvalue weighted by Gasteiger charge is 2.32. The van der Waals surface area contributed by atoms with Crippen molar-refractivity contribution in [3.8, 4) is 5.75 Å². The van der Waals surface area contributed by atoms with Gasteiger partial charge in [0.1, 0.15) is 5.75 Å². The molecule has 0 heterocycles. The van der Waals surface area contributed by atoms with E-state index in [2.05, 4.69) is 5.32 Å². The van der Waals surface area contributed by atoms with Crippen LogP contribution >= 0.6 is 0 Å². The van der Waals surface area contributed by atoms with Gasteiger partial charge in [-0.3, -0.25) is 4.79 Å². The highest BCUT2D eigenvalue weighted by Crippen LogP contribution is 2.22. The van der Waals surface area contributed by atoms with E-state index in [1.807, 2.05) is 44.2 Å². The molecule has 0 fully saturated rings. The van der Waals surface area contributed by atoms with Crippen molar-refractivity contribution in [2.45, 2.75) is 56.8 Å². The number of methoxy groups -OCH3 is 1. The van der Waals surface area contributed by atoms with Crippen LogP contribution in [0.1, 0.15) is 32.8 Å². The Bertz CT molecular complexity index is 1110. The topological polar surface area (TPSA) is 148 Å². The smallest absolute Gasteiger partial charge is 0.408 e. The molecule has 0 aromatic heterocycles. The maximum absolute atomic E-state index is 13.6. The van der Waals surface area contributed by atoms with Crippen molar-refractivity contribution in [1.29, 1.82) is 0 Å². The number of rotatable bonds is 14. The summed E-state index contributed by atoms with van der Waals surface area (Å²) in [5.41, 5.74) is 5.98. The second kappa shape index (κ2) is 14.0. The Morgan fingerprint density at radius 1 is 1.05 bits per heavy atom. The summed E-state index contributed by atoms with van der Waals surface area (Å²) in [6.07, 6.45) is -2.49. The summed E-state index contributed by atoms with van der Waals surface area (Å²) in [5, 5.41) is 13.8. The normalized spacial score (nSPS) is 14.9. The van der Waals surface area contributed by atoms with Gasteiger partial charge in [-0.1, -0.05) is 50.6 Å². The summed E-state index contributed by atoms with van der Waals surface area (Å²) < 4.78 is 38.5. The molecule has 10 nitrogen and oxygen atoms in total. The number of nitrogens with zero attached hydrogens (tertiary/aromatic N) is 1. The van der Waals surface area contributed by atoms with Crippen LogP contribution in [0.2, 0.25) is 0 Å². The molecule has 0 saturated carbocycles. The number of carbonyl (C=O) groups is 2. The molecule has 4 N–H and O–H groups in total. The maximum Gasteiger partial charge on any atom is 0.408 e. The van der Waals surface area contributed by atoms with E-state index in [1.54, 1.807) is 12.1 Å². The van der Waals surface area contributed by atoms with Gasteiger partial charge in [-0.05, 0) is 49.1 Å². The van der Waals surface area contributed by atoms with Crippen molar-refractivity contribution >= 4 is 22.0 Å². The third kappa shape index (κ3) is 9.03. The molecular weight excluding hydrogens is 498 g/mol. The molecule has 0 aliphatic carbocycles. The molecule has 2 amide bonds. The summed E-state index contributed by atoms with van der Waals surface area (Å²) >= 11 is 0. The lowest BCUT2D eigenvalue weighted by molar-refractivity contribution is -0.125. The number of benzene rings is 2. The van der Waals surface area contributed by atoms with Crippen molar-refractivity contribution in [1.82, 2.24) is 9.62 Å². The lowest BCUT2D eigenvalue weighted by Crippen LogP contribution is -2.52. The zero-order chi connectivity index (χ0) is 27.6. The Balaban J connectivity index is 2.33. The minimum atomic E-state index is -3.98. The molecule has 2 aromatic rings. The molecule has 0 radical (unpaired) electrons. The van der Waals surface area contributed by atoms with Crippen molar-refractivity contribution in [2.75, 3.05) is 20.2 Å². The van der Waals surface area contributed by atoms with Gasteiger partial charge in [-0.15, -0.1) is 0 Å². The summed E-state index contributed by atoms with van der Waals surface area (Å²) in [4.78, 5) is 23.8. The molecule has 37 heavy (non-hydrogen) atoms. The Hall–Kier alpha value is -3.15. The van der Waals surface area contributed by atoms with Gasteiger partial charge in [-0.25, -0.2) is 13.2 Å². The Morgan fingerprint density at radius 3 is 2.22 bits per heavy atom. The molecule has 204 valence electrons. The number of hydrogen-bond donors (Lipinski definition) is 3. The molecule has 0 unspecified atom stereocenters. The Labute approximate surface area is 218 Å². The molecular formula is C26H37N3O7S. The number of carbonyl (C=O) groups excluding carboxylic acids is 2. The Kier molecular flexibility index (Phi) is 11.4. The molecule has 0 aliphatic heterocycles. The van der Waals surface area contributed by atoms with Crippen LogP contribution in [0.15, 0.2) is 59.5 Å². The van der Waals surface area contributed by atoms with Gasteiger partial charge in [0.15, 0.2) is 6.10 Å².